The Labute approximate surface area is 128 Å². The third-order valence-electron chi connectivity index (χ3n) is 2.17. The smallest absolute Gasteiger partial charge is 0.0227 e. The van der Waals surface area contributed by atoms with Crippen molar-refractivity contribution in [3.8, 4) is 0 Å². The van der Waals surface area contributed by atoms with E-state index in [0.29, 0.717) is 0 Å². The molecule has 0 bridgehead atoms. The predicted octanol–water partition coefficient (Wildman–Crippen LogP) is 7.44. The first-order valence-corrected chi connectivity index (χ1v) is 7.98. The van der Waals surface area contributed by atoms with Crippen LogP contribution in [0.3, 0.4) is 0 Å². The first-order chi connectivity index (χ1) is 9.59. The topological polar surface area (TPSA) is 0 Å². The Bertz CT molecular complexity index is 346. The van der Waals surface area contributed by atoms with Gasteiger partial charge in [-0.15, -0.1) is 0 Å². The average molecular weight is 277 g/mol. The van der Waals surface area contributed by atoms with Gasteiger partial charge in [-0.2, -0.15) is 0 Å². The monoisotopic (exact) mass is 276 g/mol. The van der Waals surface area contributed by atoms with Crippen molar-refractivity contribution in [2.24, 2.45) is 0 Å². The summed E-state index contributed by atoms with van der Waals surface area (Å²) in [6, 6.07) is 8.63. The Hall–Kier alpha value is -1.30. The molecule has 20 heavy (non-hydrogen) atoms. The second-order valence-corrected chi connectivity index (χ2v) is 3.96. The maximum atomic E-state index is 2.17. The first-order valence-electron chi connectivity index (χ1n) is 7.98. The van der Waals surface area contributed by atoms with Crippen LogP contribution < -0.4 is 0 Å². The molecule has 0 N–H and O–H groups in total. The highest BCUT2D eigenvalue weighted by atomic mass is 14.0. The minimum atomic E-state index is 1.30. The molecule has 0 amide bonds. The maximum absolute atomic E-state index is 2.17. The van der Waals surface area contributed by atoms with Crippen LogP contribution in [0.2, 0.25) is 0 Å². The van der Waals surface area contributed by atoms with Gasteiger partial charge in [0.2, 0.25) is 0 Å². The lowest BCUT2D eigenvalue weighted by Crippen LogP contribution is -1.79. The quantitative estimate of drug-likeness (QED) is 0.492. The molecule has 116 valence electrons. The van der Waals surface area contributed by atoms with Crippen molar-refractivity contribution in [2.75, 3.05) is 0 Å². The van der Waals surface area contributed by atoms with Gasteiger partial charge < -0.3 is 0 Å². The molecule has 0 spiro atoms. The SMILES string of the molecule is CC.CC.CC.CC(C)=C/C=C(\C)c1ccc(C)cc1. The normalized spacial score (nSPS) is 8.80. The van der Waals surface area contributed by atoms with Gasteiger partial charge in [0.1, 0.15) is 0 Å². The highest BCUT2D eigenvalue weighted by Gasteiger charge is 1.92. The van der Waals surface area contributed by atoms with Crippen LogP contribution in [0.4, 0.5) is 0 Å². The molecule has 0 fully saturated rings. The Morgan fingerprint density at radius 1 is 0.700 bits per heavy atom. The number of hydrogen-bond donors (Lipinski definition) is 0. The summed E-state index contributed by atoms with van der Waals surface area (Å²) >= 11 is 0. The molecule has 0 atom stereocenters. The van der Waals surface area contributed by atoms with E-state index in [1.807, 2.05) is 41.5 Å². The van der Waals surface area contributed by atoms with E-state index in [1.165, 1.54) is 22.3 Å². The average Bonchev–Trinajstić information content (AvgIpc) is 2.51. The number of rotatable bonds is 2. The van der Waals surface area contributed by atoms with Gasteiger partial charge in [-0.3, -0.25) is 0 Å². The van der Waals surface area contributed by atoms with Gasteiger partial charge in [0.25, 0.3) is 0 Å². The summed E-state index contributed by atoms with van der Waals surface area (Å²) < 4.78 is 0. The number of hydrogen-bond acceptors (Lipinski definition) is 0. The molecule has 0 aliphatic carbocycles. The van der Waals surface area contributed by atoms with E-state index in [4.69, 9.17) is 0 Å². The van der Waals surface area contributed by atoms with Gasteiger partial charge in [0.05, 0.1) is 0 Å². The summed E-state index contributed by atoms with van der Waals surface area (Å²) in [4.78, 5) is 0. The lowest BCUT2D eigenvalue weighted by molar-refractivity contribution is 1.39. The molecule has 0 saturated heterocycles. The molecule has 0 saturated carbocycles. The fraction of sp³-hybridized carbons (Fsp3) is 0.500. The number of benzene rings is 1. The maximum Gasteiger partial charge on any atom is -0.0227 e. The summed E-state index contributed by atoms with van der Waals surface area (Å²) in [7, 11) is 0. The van der Waals surface area contributed by atoms with E-state index in [-0.39, 0.29) is 0 Å². The molecule has 0 heterocycles. The van der Waals surface area contributed by atoms with Gasteiger partial charge in [-0.25, -0.2) is 0 Å². The Kier molecular flexibility index (Phi) is 21.0. The zero-order chi connectivity index (χ0) is 16.6. The van der Waals surface area contributed by atoms with Gasteiger partial charge >= 0.3 is 0 Å². The van der Waals surface area contributed by atoms with E-state index in [0.717, 1.165) is 0 Å². The Morgan fingerprint density at radius 2 is 1.10 bits per heavy atom. The summed E-state index contributed by atoms with van der Waals surface area (Å²) in [6.45, 7) is 20.5. The summed E-state index contributed by atoms with van der Waals surface area (Å²) in [5, 5.41) is 0. The minimum Gasteiger partial charge on any atom is -0.0764 e. The lowest BCUT2D eigenvalue weighted by atomic mass is 10.1. The van der Waals surface area contributed by atoms with Gasteiger partial charge in [0.15, 0.2) is 0 Å². The molecule has 0 aromatic heterocycles. The van der Waals surface area contributed by atoms with Crippen LogP contribution in [0.15, 0.2) is 42.0 Å². The van der Waals surface area contributed by atoms with Crippen LogP contribution >= 0.6 is 0 Å². The summed E-state index contributed by atoms with van der Waals surface area (Å²) in [5.74, 6) is 0. The van der Waals surface area contributed by atoms with E-state index < -0.39 is 0 Å². The van der Waals surface area contributed by atoms with Crippen molar-refractivity contribution in [1.29, 1.82) is 0 Å². The van der Waals surface area contributed by atoms with Crippen molar-refractivity contribution in [1.82, 2.24) is 0 Å². The highest BCUT2D eigenvalue weighted by molar-refractivity contribution is 5.65. The molecule has 0 heteroatoms. The van der Waals surface area contributed by atoms with Gasteiger partial charge in [-0.1, -0.05) is 89.1 Å². The number of allylic oxidation sites excluding steroid dienone is 4. The van der Waals surface area contributed by atoms with Crippen molar-refractivity contribution in [2.45, 2.75) is 69.2 Å². The predicted molar refractivity (Wildman–Crippen MR) is 98.3 cm³/mol. The molecular weight excluding hydrogens is 240 g/mol. The highest BCUT2D eigenvalue weighted by Crippen LogP contribution is 2.14. The molecule has 0 radical (unpaired) electrons. The second-order valence-electron chi connectivity index (χ2n) is 3.96. The molecular formula is C20H36. The van der Waals surface area contributed by atoms with Crippen molar-refractivity contribution >= 4 is 5.57 Å². The fourth-order valence-electron chi connectivity index (χ4n) is 1.20. The van der Waals surface area contributed by atoms with Crippen LogP contribution in [0.1, 0.15) is 73.4 Å². The third-order valence-corrected chi connectivity index (χ3v) is 2.17. The van der Waals surface area contributed by atoms with Crippen LogP contribution in [-0.4, -0.2) is 0 Å². The standard InChI is InChI=1S/C14H18.3C2H6/c1-11(2)5-8-13(4)14-9-6-12(3)7-10-14;3*1-2/h5-10H,1-4H3;3*1-2H3/b13-8+;;;. The van der Waals surface area contributed by atoms with Crippen LogP contribution in [-0.2, 0) is 0 Å². The van der Waals surface area contributed by atoms with E-state index in [9.17, 15) is 0 Å². The summed E-state index contributed by atoms with van der Waals surface area (Å²) in [6.07, 6.45) is 4.31. The van der Waals surface area contributed by atoms with Crippen LogP contribution in [0.25, 0.3) is 5.57 Å². The van der Waals surface area contributed by atoms with Crippen LogP contribution in [0, 0.1) is 6.92 Å². The third kappa shape index (κ3) is 13.1. The molecule has 1 aromatic rings. The van der Waals surface area contributed by atoms with Gasteiger partial charge in [0, 0.05) is 0 Å². The second kappa shape index (κ2) is 17.7. The van der Waals surface area contributed by atoms with E-state index in [2.05, 4.69) is 64.1 Å². The van der Waals surface area contributed by atoms with Crippen LogP contribution in [0.5, 0.6) is 0 Å². The van der Waals surface area contributed by atoms with Gasteiger partial charge in [-0.05, 0) is 38.8 Å². The molecule has 1 aromatic carbocycles. The minimum absolute atomic E-state index is 1.30. The Balaban J connectivity index is -0.000000425. The molecule has 1 rings (SSSR count). The van der Waals surface area contributed by atoms with E-state index >= 15 is 0 Å². The lowest BCUT2D eigenvalue weighted by Gasteiger charge is -2.00. The molecule has 0 aliphatic rings. The zero-order valence-corrected chi connectivity index (χ0v) is 15.5. The first kappa shape index (κ1) is 23.8. The molecule has 0 aliphatic heterocycles. The fourth-order valence-corrected chi connectivity index (χ4v) is 1.20. The number of aryl methyl sites for hydroxylation is 1. The van der Waals surface area contributed by atoms with Crippen molar-refractivity contribution in [3.63, 3.8) is 0 Å². The molecule has 0 unspecified atom stereocenters. The van der Waals surface area contributed by atoms with E-state index in [1.54, 1.807) is 0 Å². The summed E-state index contributed by atoms with van der Waals surface area (Å²) in [5.41, 5.74) is 5.25. The zero-order valence-electron chi connectivity index (χ0n) is 15.5. The Morgan fingerprint density at radius 3 is 1.45 bits per heavy atom. The van der Waals surface area contributed by atoms with Crippen molar-refractivity contribution < 1.29 is 0 Å². The van der Waals surface area contributed by atoms with Crippen molar-refractivity contribution in [3.05, 3.63) is 53.1 Å². The largest absolute Gasteiger partial charge is 0.0764 e. The molecule has 0 nitrogen and oxygen atoms in total.